The lowest BCUT2D eigenvalue weighted by molar-refractivity contribution is -0.118. The van der Waals surface area contributed by atoms with E-state index < -0.39 is 0 Å². The molecule has 5 nitrogen and oxygen atoms in total. The molecule has 3 rings (SSSR count). The van der Waals surface area contributed by atoms with E-state index in [4.69, 9.17) is 5.11 Å². The summed E-state index contributed by atoms with van der Waals surface area (Å²) in [6.45, 7) is 2.46. The van der Waals surface area contributed by atoms with E-state index in [1.165, 1.54) is 0 Å². The van der Waals surface area contributed by atoms with Crippen molar-refractivity contribution in [2.75, 3.05) is 16.8 Å². The number of hydrogen-bond donors (Lipinski definition) is 2. The summed E-state index contributed by atoms with van der Waals surface area (Å²) in [5.74, 6) is -0.0973. The molecule has 0 aromatic heterocycles. The van der Waals surface area contributed by atoms with Gasteiger partial charge in [0.15, 0.2) is 0 Å². The molecule has 1 aliphatic heterocycles. The normalized spacial score (nSPS) is 12.8. The first kappa shape index (κ1) is 16.2. The molecule has 2 amide bonds. The Bertz CT molecular complexity index is 786. The van der Waals surface area contributed by atoms with E-state index in [0.29, 0.717) is 24.2 Å². The second kappa shape index (κ2) is 6.84. The molecule has 0 aliphatic carbocycles. The third-order valence-corrected chi connectivity index (χ3v) is 4.21. The first-order valence-electron chi connectivity index (χ1n) is 8.07. The largest absolute Gasteiger partial charge is 0.392 e. The van der Waals surface area contributed by atoms with Crippen LogP contribution in [0.5, 0.6) is 0 Å². The Morgan fingerprint density at radius 2 is 2.04 bits per heavy atom. The van der Waals surface area contributed by atoms with E-state index in [1.54, 1.807) is 35.2 Å². The van der Waals surface area contributed by atoms with Gasteiger partial charge in [0.1, 0.15) is 0 Å². The third kappa shape index (κ3) is 3.16. The highest BCUT2D eigenvalue weighted by Gasteiger charge is 2.24. The summed E-state index contributed by atoms with van der Waals surface area (Å²) in [7, 11) is 0. The highest BCUT2D eigenvalue weighted by molar-refractivity contribution is 6.05. The molecule has 0 saturated carbocycles. The number of anilines is 2. The van der Waals surface area contributed by atoms with Crippen molar-refractivity contribution in [3.8, 4) is 0 Å². The molecule has 2 aromatic carbocycles. The van der Waals surface area contributed by atoms with Crippen LogP contribution in [0.25, 0.3) is 0 Å². The van der Waals surface area contributed by atoms with Gasteiger partial charge >= 0.3 is 0 Å². The molecule has 5 heteroatoms. The number of nitrogens with zero attached hydrogens (tertiary/aromatic N) is 1. The van der Waals surface area contributed by atoms with E-state index >= 15 is 0 Å². The maximum Gasteiger partial charge on any atom is 0.255 e. The number of aliphatic hydroxyl groups is 1. The molecule has 0 spiro atoms. The third-order valence-electron chi connectivity index (χ3n) is 4.21. The molecule has 0 saturated heterocycles. The smallest absolute Gasteiger partial charge is 0.255 e. The quantitative estimate of drug-likeness (QED) is 0.908. The zero-order valence-corrected chi connectivity index (χ0v) is 13.6. The molecule has 1 aliphatic rings. The van der Waals surface area contributed by atoms with Gasteiger partial charge in [-0.2, -0.15) is 0 Å². The van der Waals surface area contributed by atoms with Crippen molar-refractivity contribution in [3.63, 3.8) is 0 Å². The topological polar surface area (TPSA) is 69.6 Å². The van der Waals surface area contributed by atoms with Gasteiger partial charge in [-0.3, -0.25) is 9.59 Å². The van der Waals surface area contributed by atoms with Gasteiger partial charge < -0.3 is 15.3 Å². The number of nitrogens with one attached hydrogen (secondary N) is 1. The molecule has 2 aromatic rings. The first-order valence-corrected chi connectivity index (χ1v) is 8.07. The van der Waals surface area contributed by atoms with Gasteiger partial charge in [-0.15, -0.1) is 0 Å². The monoisotopic (exact) mass is 324 g/mol. The van der Waals surface area contributed by atoms with Crippen LogP contribution in [0, 0.1) is 0 Å². The number of carbonyl (C=O) groups excluding carboxylic acids is 2. The van der Waals surface area contributed by atoms with Gasteiger partial charge in [-0.25, -0.2) is 0 Å². The fraction of sp³-hybridized carbons (Fsp3) is 0.263. The number of carbonyl (C=O) groups is 2. The molecule has 0 fully saturated rings. The van der Waals surface area contributed by atoms with Crippen LogP contribution in [0.3, 0.4) is 0 Å². The molecular weight excluding hydrogens is 304 g/mol. The lowest BCUT2D eigenvalue weighted by Gasteiger charge is -2.16. The van der Waals surface area contributed by atoms with Gasteiger partial charge in [0.2, 0.25) is 5.91 Å². The molecule has 124 valence electrons. The fourth-order valence-corrected chi connectivity index (χ4v) is 2.94. The summed E-state index contributed by atoms with van der Waals surface area (Å²) in [6, 6.07) is 12.5. The molecule has 0 unspecified atom stereocenters. The fourth-order valence-electron chi connectivity index (χ4n) is 2.94. The van der Waals surface area contributed by atoms with Gasteiger partial charge in [0.05, 0.1) is 6.61 Å². The van der Waals surface area contributed by atoms with Crippen LogP contribution >= 0.6 is 0 Å². The summed E-state index contributed by atoms with van der Waals surface area (Å²) in [5, 5.41) is 12.0. The van der Waals surface area contributed by atoms with Gasteiger partial charge in [-0.1, -0.05) is 19.1 Å². The SMILES string of the molecule is CCC(=O)N1CCc2cc(C(=O)Nc3cccc(CO)c3)ccc21. The van der Waals surface area contributed by atoms with Crippen LogP contribution < -0.4 is 10.2 Å². The molecule has 2 N–H and O–H groups in total. The van der Waals surface area contributed by atoms with E-state index in [-0.39, 0.29) is 18.4 Å². The maximum absolute atomic E-state index is 12.4. The maximum atomic E-state index is 12.4. The minimum absolute atomic E-state index is 0.0656. The predicted molar refractivity (Wildman–Crippen MR) is 93.1 cm³/mol. The molecule has 1 heterocycles. The Labute approximate surface area is 140 Å². The average molecular weight is 324 g/mol. The van der Waals surface area contributed by atoms with Crippen LogP contribution in [0.1, 0.15) is 34.8 Å². The molecule has 0 atom stereocenters. The van der Waals surface area contributed by atoms with Crippen molar-refractivity contribution in [1.29, 1.82) is 0 Å². The molecular formula is C19H20N2O3. The van der Waals surface area contributed by atoms with E-state index in [0.717, 1.165) is 23.2 Å². The average Bonchev–Trinajstić information content (AvgIpc) is 3.04. The summed E-state index contributed by atoms with van der Waals surface area (Å²) in [4.78, 5) is 26.1. The number of aliphatic hydroxyl groups excluding tert-OH is 1. The Balaban J connectivity index is 1.78. The lowest BCUT2D eigenvalue weighted by Crippen LogP contribution is -2.27. The Morgan fingerprint density at radius 1 is 1.21 bits per heavy atom. The highest BCUT2D eigenvalue weighted by atomic mass is 16.3. The van der Waals surface area contributed by atoms with Crippen molar-refractivity contribution in [2.45, 2.75) is 26.4 Å². The van der Waals surface area contributed by atoms with Crippen molar-refractivity contribution in [2.24, 2.45) is 0 Å². The number of rotatable bonds is 4. The van der Waals surface area contributed by atoms with Gasteiger partial charge in [0, 0.05) is 29.9 Å². The Morgan fingerprint density at radius 3 is 2.79 bits per heavy atom. The standard InChI is InChI=1S/C19H20N2O3/c1-2-18(23)21-9-8-14-11-15(6-7-17(14)21)19(24)20-16-5-3-4-13(10-16)12-22/h3-7,10-11,22H,2,8-9,12H2,1H3,(H,20,24). The van der Waals surface area contributed by atoms with Crippen LogP contribution in [0.4, 0.5) is 11.4 Å². The van der Waals surface area contributed by atoms with Crippen molar-refractivity contribution in [1.82, 2.24) is 0 Å². The molecule has 24 heavy (non-hydrogen) atoms. The van der Waals surface area contributed by atoms with Crippen molar-refractivity contribution in [3.05, 3.63) is 59.2 Å². The van der Waals surface area contributed by atoms with Crippen LogP contribution in [-0.2, 0) is 17.8 Å². The number of hydrogen-bond acceptors (Lipinski definition) is 3. The zero-order chi connectivity index (χ0) is 17.1. The Kier molecular flexibility index (Phi) is 4.62. The van der Waals surface area contributed by atoms with Crippen molar-refractivity contribution >= 4 is 23.2 Å². The van der Waals surface area contributed by atoms with E-state index in [1.807, 2.05) is 19.1 Å². The second-order valence-electron chi connectivity index (χ2n) is 5.81. The minimum Gasteiger partial charge on any atom is -0.392 e. The van der Waals surface area contributed by atoms with Crippen LogP contribution in [-0.4, -0.2) is 23.5 Å². The highest BCUT2D eigenvalue weighted by Crippen LogP contribution is 2.29. The first-order chi connectivity index (χ1) is 11.6. The predicted octanol–water partition coefficient (Wildman–Crippen LogP) is 2.73. The summed E-state index contributed by atoms with van der Waals surface area (Å²) >= 11 is 0. The minimum atomic E-state index is -0.201. The zero-order valence-electron chi connectivity index (χ0n) is 13.6. The summed E-state index contributed by atoms with van der Waals surface area (Å²) in [5.41, 5.74) is 3.88. The lowest BCUT2D eigenvalue weighted by atomic mass is 10.1. The van der Waals surface area contributed by atoms with Gasteiger partial charge in [0.25, 0.3) is 5.91 Å². The number of benzene rings is 2. The summed E-state index contributed by atoms with van der Waals surface area (Å²) < 4.78 is 0. The van der Waals surface area contributed by atoms with Crippen LogP contribution in [0.2, 0.25) is 0 Å². The number of fused-ring (bicyclic) bond motifs is 1. The van der Waals surface area contributed by atoms with Crippen molar-refractivity contribution < 1.29 is 14.7 Å². The van der Waals surface area contributed by atoms with E-state index in [9.17, 15) is 9.59 Å². The molecule has 0 radical (unpaired) electrons. The second-order valence-corrected chi connectivity index (χ2v) is 5.81. The van der Waals surface area contributed by atoms with Crippen LogP contribution in [0.15, 0.2) is 42.5 Å². The van der Waals surface area contributed by atoms with E-state index in [2.05, 4.69) is 5.32 Å². The molecule has 0 bridgehead atoms. The summed E-state index contributed by atoms with van der Waals surface area (Å²) in [6.07, 6.45) is 1.24. The van der Waals surface area contributed by atoms with Gasteiger partial charge in [-0.05, 0) is 47.9 Å². The number of amides is 2. The Hall–Kier alpha value is -2.66.